The van der Waals surface area contributed by atoms with Crippen molar-refractivity contribution in [2.24, 2.45) is 0 Å². The van der Waals surface area contributed by atoms with Crippen LogP contribution in [0.1, 0.15) is 37.3 Å². The molecule has 2 fully saturated rings. The molecule has 1 aromatic heterocycles. The first-order valence-electron chi connectivity index (χ1n) is 6.73. The van der Waals surface area contributed by atoms with E-state index in [9.17, 15) is 9.59 Å². The number of hydrogen-bond acceptors (Lipinski definition) is 3. The molecule has 1 aliphatic heterocycles. The third-order valence-electron chi connectivity index (χ3n) is 4.00. The van der Waals surface area contributed by atoms with E-state index in [1.165, 1.54) is 0 Å². The van der Waals surface area contributed by atoms with Crippen molar-refractivity contribution in [3.8, 4) is 0 Å². The molecule has 1 aliphatic carbocycles. The van der Waals surface area contributed by atoms with Crippen molar-refractivity contribution in [2.45, 2.75) is 37.8 Å². The first-order valence-corrected chi connectivity index (χ1v) is 6.73. The molecule has 3 rings (SSSR count). The molecule has 1 unspecified atom stereocenters. The molecule has 1 saturated heterocycles. The van der Waals surface area contributed by atoms with E-state index in [4.69, 9.17) is 0 Å². The Morgan fingerprint density at radius 3 is 2.53 bits per heavy atom. The van der Waals surface area contributed by atoms with E-state index in [2.05, 4.69) is 10.3 Å². The number of Topliss-reactive ketones (excluding diaryl/α,β-unsaturated/α-hetero) is 1. The molecule has 1 aromatic rings. The van der Waals surface area contributed by atoms with Gasteiger partial charge in [0.25, 0.3) is 0 Å². The highest BCUT2D eigenvalue weighted by molar-refractivity contribution is 5.81. The van der Waals surface area contributed by atoms with Gasteiger partial charge in [0.2, 0.25) is 0 Å². The molecule has 2 aliphatic rings. The van der Waals surface area contributed by atoms with E-state index in [0.29, 0.717) is 25.2 Å². The molecule has 0 aromatic carbocycles. The van der Waals surface area contributed by atoms with E-state index in [0.717, 1.165) is 18.4 Å². The van der Waals surface area contributed by atoms with Gasteiger partial charge in [-0.2, -0.15) is 0 Å². The summed E-state index contributed by atoms with van der Waals surface area (Å²) in [5, 5.41) is 3.00. The van der Waals surface area contributed by atoms with Crippen LogP contribution in [0.4, 0.5) is 4.79 Å². The number of amides is 2. The average Bonchev–Trinajstić information content (AvgIpc) is 2.83. The highest BCUT2D eigenvalue weighted by atomic mass is 16.2. The number of urea groups is 1. The number of rotatable bonds is 2. The molecular weight excluding hydrogens is 242 g/mol. The minimum atomic E-state index is -0.0128. The molecule has 100 valence electrons. The number of aromatic nitrogens is 1. The number of hydrogen-bond donors (Lipinski definition) is 1. The van der Waals surface area contributed by atoms with Gasteiger partial charge in [-0.1, -0.05) is 0 Å². The monoisotopic (exact) mass is 259 g/mol. The van der Waals surface area contributed by atoms with Crippen molar-refractivity contribution in [2.75, 3.05) is 6.54 Å². The van der Waals surface area contributed by atoms with E-state index >= 15 is 0 Å². The summed E-state index contributed by atoms with van der Waals surface area (Å²) in [7, 11) is 0. The maximum absolute atomic E-state index is 12.1. The second-order valence-electron chi connectivity index (χ2n) is 5.20. The summed E-state index contributed by atoms with van der Waals surface area (Å²) in [4.78, 5) is 29.2. The Balaban J connectivity index is 1.69. The van der Waals surface area contributed by atoms with Crippen LogP contribution in [-0.2, 0) is 4.79 Å². The van der Waals surface area contributed by atoms with Gasteiger partial charge in [0.15, 0.2) is 0 Å². The van der Waals surface area contributed by atoms with Crippen molar-refractivity contribution in [1.29, 1.82) is 0 Å². The Morgan fingerprint density at radius 1 is 1.16 bits per heavy atom. The van der Waals surface area contributed by atoms with Crippen LogP contribution in [-0.4, -0.2) is 34.3 Å². The van der Waals surface area contributed by atoms with Gasteiger partial charge in [0.05, 0.1) is 6.04 Å². The van der Waals surface area contributed by atoms with Gasteiger partial charge in [0, 0.05) is 37.8 Å². The summed E-state index contributed by atoms with van der Waals surface area (Å²) in [5.74, 6) is 0.321. The first kappa shape index (κ1) is 12.1. The van der Waals surface area contributed by atoms with Gasteiger partial charge >= 0.3 is 6.03 Å². The number of carbonyl (C=O) groups excluding carboxylic acids is 2. The van der Waals surface area contributed by atoms with E-state index < -0.39 is 0 Å². The normalized spacial score (nSPS) is 24.6. The lowest BCUT2D eigenvalue weighted by Gasteiger charge is -2.29. The molecule has 5 nitrogen and oxygen atoms in total. The maximum atomic E-state index is 12.1. The molecule has 1 N–H and O–H groups in total. The van der Waals surface area contributed by atoms with Crippen LogP contribution in [0, 0.1) is 0 Å². The number of ketones is 1. The fourth-order valence-electron chi connectivity index (χ4n) is 2.89. The number of nitrogens with one attached hydrogen (secondary N) is 1. The van der Waals surface area contributed by atoms with Crippen molar-refractivity contribution in [3.05, 3.63) is 30.1 Å². The number of carbonyl (C=O) groups is 2. The summed E-state index contributed by atoms with van der Waals surface area (Å²) in [6, 6.07) is 4.09. The molecule has 2 heterocycles. The predicted molar refractivity (Wildman–Crippen MR) is 69.5 cm³/mol. The van der Waals surface area contributed by atoms with E-state index in [-0.39, 0.29) is 18.1 Å². The van der Waals surface area contributed by atoms with Gasteiger partial charge in [-0.3, -0.25) is 9.78 Å². The second kappa shape index (κ2) is 4.99. The van der Waals surface area contributed by atoms with Crippen molar-refractivity contribution >= 4 is 11.8 Å². The summed E-state index contributed by atoms with van der Waals surface area (Å²) in [5.41, 5.74) is 1.08. The largest absolute Gasteiger partial charge is 0.329 e. The Hall–Kier alpha value is -1.91. The minimum absolute atomic E-state index is 0.0128. The molecule has 1 atom stereocenters. The first-order chi connectivity index (χ1) is 9.24. The fourth-order valence-corrected chi connectivity index (χ4v) is 2.89. The standard InChI is InChI=1S/C14H17N3O2/c18-12-3-1-11(2-4-12)17-9-13(16-14(17)19)10-5-7-15-8-6-10/h5-8,11,13H,1-4,9H2,(H,16,19). The Bertz CT molecular complexity index is 479. The number of nitrogens with zero attached hydrogens (tertiary/aromatic N) is 2. The van der Waals surface area contributed by atoms with Gasteiger partial charge in [-0.05, 0) is 30.5 Å². The Morgan fingerprint density at radius 2 is 1.84 bits per heavy atom. The van der Waals surface area contributed by atoms with Crippen LogP contribution < -0.4 is 5.32 Å². The quantitative estimate of drug-likeness (QED) is 0.878. The van der Waals surface area contributed by atoms with Crippen LogP contribution in [0.25, 0.3) is 0 Å². The van der Waals surface area contributed by atoms with Gasteiger partial charge < -0.3 is 10.2 Å². The van der Waals surface area contributed by atoms with Crippen LogP contribution in [0.5, 0.6) is 0 Å². The molecule has 0 bridgehead atoms. The molecule has 1 saturated carbocycles. The molecule has 2 amide bonds. The molecule has 5 heteroatoms. The van der Waals surface area contributed by atoms with Crippen molar-refractivity contribution in [1.82, 2.24) is 15.2 Å². The highest BCUT2D eigenvalue weighted by Crippen LogP contribution is 2.27. The van der Waals surface area contributed by atoms with Crippen LogP contribution >= 0.6 is 0 Å². The molecule has 0 radical (unpaired) electrons. The zero-order valence-electron chi connectivity index (χ0n) is 10.7. The average molecular weight is 259 g/mol. The summed E-state index contributed by atoms with van der Waals surface area (Å²) >= 11 is 0. The zero-order chi connectivity index (χ0) is 13.2. The maximum Gasteiger partial charge on any atom is 0.318 e. The lowest BCUT2D eigenvalue weighted by Crippen LogP contribution is -2.40. The van der Waals surface area contributed by atoms with E-state index in [1.54, 1.807) is 12.4 Å². The van der Waals surface area contributed by atoms with Crippen molar-refractivity contribution in [3.63, 3.8) is 0 Å². The number of pyridine rings is 1. The van der Waals surface area contributed by atoms with Gasteiger partial charge in [-0.25, -0.2) is 4.79 Å². The van der Waals surface area contributed by atoms with Crippen LogP contribution in [0.2, 0.25) is 0 Å². The summed E-state index contributed by atoms with van der Waals surface area (Å²) < 4.78 is 0. The van der Waals surface area contributed by atoms with Gasteiger partial charge in [-0.15, -0.1) is 0 Å². The zero-order valence-corrected chi connectivity index (χ0v) is 10.7. The predicted octanol–water partition coefficient (Wildman–Crippen LogP) is 1.66. The molecule has 0 spiro atoms. The fraction of sp³-hybridized carbons (Fsp3) is 0.500. The lowest BCUT2D eigenvalue weighted by atomic mass is 9.93. The molecule has 19 heavy (non-hydrogen) atoms. The summed E-state index contributed by atoms with van der Waals surface area (Å²) in [6.07, 6.45) is 6.29. The third-order valence-corrected chi connectivity index (χ3v) is 4.00. The second-order valence-corrected chi connectivity index (χ2v) is 5.20. The SMILES string of the molecule is O=C1CCC(N2CC(c3ccncc3)NC2=O)CC1. The highest BCUT2D eigenvalue weighted by Gasteiger charge is 2.35. The third kappa shape index (κ3) is 2.45. The summed E-state index contributed by atoms with van der Waals surface area (Å²) in [6.45, 7) is 0.682. The van der Waals surface area contributed by atoms with Gasteiger partial charge in [0.1, 0.15) is 5.78 Å². The topological polar surface area (TPSA) is 62.3 Å². The minimum Gasteiger partial charge on any atom is -0.329 e. The van der Waals surface area contributed by atoms with E-state index in [1.807, 2.05) is 17.0 Å². The smallest absolute Gasteiger partial charge is 0.318 e. The lowest BCUT2D eigenvalue weighted by molar-refractivity contribution is -0.121. The van der Waals surface area contributed by atoms with Crippen LogP contribution in [0.3, 0.4) is 0 Å². The molecular formula is C14H17N3O2. The van der Waals surface area contributed by atoms with Crippen LogP contribution in [0.15, 0.2) is 24.5 Å². The Kier molecular flexibility index (Phi) is 3.19. The van der Waals surface area contributed by atoms with Crippen molar-refractivity contribution < 1.29 is 9.59 Å². The Labute approximate surface area is 112 Å².